The lowest BCUT2D eigenvalue weighted by molar-refractivity contribution is 0.0963. The maximum atomic E-state index is 12.4. The van der Waals surface area contributed by atoms with E-state index in [1.807, 2.05) is 42.5 Å². The van der Waals surface area contributed by atoms with Crippen molar-refractivity contribution in [1.82, 2.24) is 5.32 Å². The van der Waals surface area contributed by atoms with Gasteiger partial charge >= 0.3 is 0 Å². The average molecular weight is 368 g/mol. The number of nitrogens with one attached hydrogen (secondary N) is 2. The van der Waals surface area contributed by atoms with Crippen LogP contribution in [0.25, 0.3) is 10.8 Å². The van der Waals surface area contributed by atoms with Gasteiger partial charge in [0.1, 0.15) is 5.88 Å². The number of hydrogen-bond donors (Lipinski definition) is 2. The van der Waals surface area contributed by atoms with Crippen molar-refractivity contribution >= 4 is 32.2 Å². The van der Waals surface area contributed by atoms with Crippen LogP contribution in [0.4, 0.5) is 5.69 Å². The van der Waals surface area contributed by atoms with Gasteiger partial charge in [-0.1, -0.05) is 48.5 Å². The van der Waals surface area contributed by atoms with Gasteiger partial charge in [-0.15, -0.1) is 0 Å². The van der Waals surface area contributed by atoms with Gasteiger partial charge in [-0.05, 0) is 34.5 Å². The van der Waals surface area contributed by atoms with Crippen LogP contribution in [0.2, 0.25) is 0 Å². The quantitative estimate of drug-likeness (QED) is 0.701. The van der Waals surface area contributed by atoms with Crippen LogP contribution in [0.5, 0.6) is 0 Å². The number of hydrogen-bond acceptors (Lipinski definition) is 4. The number of sulfone groups is 1. The third-order valence-electron chi connectivity index (χ3n) is 4.05. The SMILES string of the molecule is CNC(=O)c1cccc(NCS(=O)(=O)Cc2ccc3ccccc3c2)c1. The zero-order valence-electron chi connectivity index (χ0n) is 14.4. The van der Waals surface area contributed by atoms with E-state index in [1.54, 1.807) is 31.3 Å². The Labute approximate surface area is 153 Å². The van der Waals surface area contributed by atoms with Gasteiger partial charge in [-0.25, -0.2) is 8.42 Å². The van der Waals surface area contributed by atoms with E-state index in [4.69, 9.17) is 0 Å². The minimum atomic E-state index is -3.35. The molecule has 0 unspecified atom stereocenters. The molecule has 26 heavy (non-hydrogen) atoms. The zero-order valence-corrected chi connectivity index (χ0v) is 15.2. The van der Waals surface area contributed by atoms with Crippen molar-refractivity contribution in [3.8, 4) is 0 Å². The number of anilines is 1. The maximum Gasteiger partial charge on any atom is 0.251 e. The lowest BCUT2D eigenvalue weighted by Crippen LogP contribution is -2.19. The number of carbonyl (C=O) groups is 1. The molecule has 134 valence electrons. The second kappa shape index (κ2) is 7.58. The molecule has 0 saturated heterocycles. The van der Waals surface area contributed by atoms with Crippen molar-refractivity contribution in [1.29, 1.82) is 0 Å². The maximum absolute atomic E-state index is 12.4. The Morgan fingerprint density at radius 3 is 2.46 bits per heavy atom. The number of amides is 1. The molecule has 0 aromatic heterocycles. The van der Waals surface area contributed by atoms with E-state index in [0.29, 0.717) is 11.3 Å². The minimum Gasteiger partial charge on any atom is -0.372 e. The monoisotopic (exact) mass is 368 g/mol. The summed E-state index contributed by atoms with van der Waals surface area (Å²) < 4.78 is 24.9. The molecule has 3 aromatic rings. The third kappa shape index (κ3) is 4.40. The van der Waals surface area contributed by atoms with Gasteiger partial charge in [-0.2, -0.15) is 0 Å². The Balaban J connectivity index is 1.69. The fraction of sp³-hybridized carbons (Fsp3) is 0.150. The summed E-state index contributed by atoms with van der Waals surface area (Å²) in [7, 11) is -1.80. The molecule has 0 bridgehead atoms. The second-order valence-corrected chi connectivity index (χ2v) is 8.11. The van der Waals surface area contributed by atoms with Crippen LogP contribution in [0.1, 0.15) is 15.9 Å². The number of fused-ring (bicyclic) bond motifs is 1. The van der Waals surface area contributed by atoms with Crippen LogP contribution in [0.3, 0.4) is 0 Å². The summed E-state index contributed by atoms with van der Waals surface area (Å²) in [6.07, 6.45) is 0. The van der Waals surface area contributed by atoms with Gasteiger partial charge in [-0.3, -0.25) is 4.79 Å². The molecular weight excluding hydrogens is 348 g/mol. The first-order chi connectivity index (χ1) is 12.5. The molecule has 3 rings (SSSR count). The van der Waals surface area contributed by atoms with E-state index in [9.17, 15) is 13.2 Å². The lowest BCUT2D eigenvalue weighted by Gasteiger charge is -2.10. The molecule has 5 nitrogen and oxygen atoms in total. The van der Waals surface area contributed by atoms with E-state index in [0.717, 1.165) is 16.3 Å². The van der Waals surface area contributed by atoms with Crippen LogP contribution >= 0.6 is 0 Å². The molecule has 0 atom stereocenters. The molecule has 0 spiro atoms. The van der Waals surface area contributed by atoms with E-state index >= 15 is 0 Å². The molecule has 0 radical (unpaired) electrons. The van der Waals surface area contributed by atoms with Gasteiger partial charge in [0.15, 0.2) is 9.84 Å². The van der Waals surface area contributed by atoms with Gasteiger partial charge in [0.05, 0.1) is 5.75 Å². The van der Waals surface area contributed by atoms with Crippen LogP contribution in [-0.4, -0.2) is 27.2 Å². The zero-order chi connectivity index (χ0) is 18.6. The van der Waals surface area contributed by atoms with E-state index in [2.05, 4.69) is 10.6 Å². The van der Waals surface area contributed by atoms with Crippen LogP contribution in [0.15, 0.2) is 66.7 Å². The van der Waals surface area contributed by atoms with Crippen molar-refractivity contribution in [3.63, 3.8) is 0 Å². The molecule has 2 N–H and O–H groups in total. The predicted molar refractivity (Wildman–Crippen MR) is 105 cm³/mol. The van der Waals surface area contributed by atoms with Crippen molar-refractivity contribution in [2.45, 2.75) is 5.75 Å². The second-order valence-electron chi connectivity index (χ2n) is 6.05. The molecule has 0 aliphatic rings. The molecule has 6 heteroatoms. The molecular formula is C20H20N2O3S. The number of carbonyl (C=O) groups excluding carboxylic acids is 1. The summed E-state index contributed by atoms with van der Waals surface area (Å²) in [5, 5.41) is 7.54. The molecule has 0 aliphatic heterocycles. The molecule has 1 amide bonds. The Kier molecular flexibility index (Phi) is 5.23. The molecule has 0 aliphatic carbocycles. The first-order valence-corrected chi connectivity index (χ1v) is 10.0. The van der Waals surface area contributed by atoms with Crippen LogP contribution in [0, 0.1) is 0 Å². The Morgan fingerprint density at radius 2 is 1.69 bits per heavy atom. The molecule has 0 fully saturated rings. The van der Waals surface area contributed by atoms with Crippen LogP contribution < -0.4 is 10.6 Å². The summed E-state index contributed by atoms with van der Waals surface area (Å²) >= 11 is 0. The smallest absolute Gasteiger partial charge is 0.251 e. The summed E-state index contributed by atoms with van der Waals surface area (Å²) in [5.41, 5.74) is 1.82. The Hall–Kier alpha value is -2.86. The predicted octanol–water partition coefficient (Wildman–Crippen LogP) is 3.18. The van der Waals surface area contributed by atoms with Crippen molar-refractivity contribution in [2.75, 3.05) is 18.2 Å². The first kappa shape index (κ1) is 17.9. The lowest BCUT2D eigenvalue weighted by atomic mass is 10.1. The van der Waals surface area contributed by atoms with Crippen LogP contribution in [-0.2, 0) is 15.6 Å². The van der Waals surface area contributed by atoms with Gasteiger partial charge in [0.25, 0.3) is 5.91 Å². The number of benzene rings is 3. The first-order valence-electron chi connectivity index (χ1n) is 8.21. The highest BCUT2D eigenvalue weighted by Gasteiger charge is 2.13. The van der Waals surface area contributed by atoms with Gasteiger partial charge in [0, 0.05) is 18.3 Å². The molecule has 0 heterocycles. The Morgan fingerprint density at radius 1 is 0.923 bits per heavy atom. The van der Waals surface area contributed by atoms with Gasteiger partial charge in [0.2, 0.25) is 0 Å². The molecule has 3 aromatic carbocycles. The van der Waals surface area contributed by atoms with E-state index < -0.39 is 9.84 Å². The van der Waals surface area contributed by atoms with Gasteiger partial charge < -0.3 is 10.6 Å². The minimum absolute atomic E-state index is 0.0417. The fourth-order valence-corrected chi connectivity index (χ4v) is 3.92. The average Bonchev–Trinajstić information content (AvgIpc) is 2.65. The van der Waals surface area contributed by atoms with E-state index in [1.165, 1.54) is 0 Å². The Bertz CT molecular complexity index is 1050. The van der Waals surface area contributed by atoms with E-state index in [-0.39, 0.29) is 17.5 Å². The highest BCUT2D eigenvalue weighted by molar-refractivity contribution is 7.90. The summed E-state index contributed by atoms with van der Waals surface area (Å²) in [5.74, 6) is -0.454. The fourth-order valence-electron chi connectivity index (χ4n) is 2.74. The summed E-state index contributed by atoms with van der Waals surface area (Å²) in [6, 6.07) is 20.3. The number of rotatable bonds is 6. The normalized spacial score (nSPS) is 11.3. The highest BCUT2D eigenvalue weighted by Crippen LogP contribution is 2.18. The van der Waals surface area contributed by atoms with Crippen molar-refractivity contribution < 1.29 is 13.2 Å². The summed E-state index contributed by atoms with van der Waals surface area (Å²) in [6.45, 7) is 0. The van der Waals surface area contributed by atoms with Crippen molar-refractivity contribution in [2.24, 2.45) is 0 Å². The standard InChI is InChI=1S/C20H20N2O3S/c1-21-20(23)18-7-4-8-19(12-18)22-14-26(24,25)13-15-9-10-16-5-2-3-6-17(16)11-15/h2-12,22H,13-14H2,1H3,(H,21,23). The summed E-state index contributed by atoms with van der Waals surface area (Å²) in [4.78, 5) is 11.7. The topological polar surface area (TPSA) is 75.3 Å². The highest BCUT2D eigenvalue weighted by atomic mass is 32.2. The largest absolute Gasteiger partial charge is 0.372 e. The third-order valence-corrected chi connectivity index (χ3v) is 5.41. The van der Waals surface area contributed by atoms with Crippen molar-refractivity contribution in [3.05, 3.63) is 77.9 Å². The molecule has 0 saturated carbocycles.